The number of unbranched alkanes of at least 4 members (excludes halogenated alkanes) is 5. The van der Waals surface area contributed by atoms with E-state index in [1.54, 1.807) is 48.5 Å². The molecule has 2 saturated heterocycles. The number of carbonyl (C=O) groups is 5. The minimum atomic E-state index is -4.21. The first-order valence-electron chi connectivity index (χ1n) is 23.6. The van der Waals surface area contributed by atoms with Crippen LogP contribution in [0.3, 0.4) is 0 Å². The van der Waals surface area contributed by atoms with Gasteiger partial charge in [0.1, 0.15) is 17.5 Å². The number of rotatable bonds is 29. The van der Waals surface area contributed by atoms with Crippen molar-refractivity contribution in [3.8, 4) is 11.5 Å². The van der Waals surface area contributed by atoms with Crippen molar-refractivity contribution in [3.05, 3.63) is 132 Å². The molecule has 14 nitrogen and oxygen atoms in total. The number of hydrogen-bond donors (Lipinski definition) is 6. The van der Waals surface area contributed by atoms with Gasteiger partial charge in [-0.25, -0.2) is 9.36 Å². The van der Waals surface area contributed by atoms with E-state index >= 15 is 4.57 Å². The summed E-state index contributed by atoms with van der Waals surface area (Å²) in [5, 5.41) is 18.2. The van der Waals surface area contributed by atoms with Gasteiger partial charge in [-0.1, -0.05) is 116 Å². The maximum absolute atomic E-state index is 15.1. The molecule has 4 unspecified atom stereocenters. The lowest BCUT2D eigenvalue weighted by atomic mass is 10.0. The normalized spacial score (nSPS) is 17.2. The van der Waals surface area contributed by atoms with Gasteiger partial charge in [-0.15, -0.1) is 0 Å². The van der Waals surface area contributed by atoms with Gasteiger partial charge >= 0.3 is 13.6 Å². The zero-order chi connectivity index (χ0) is 47.1. The highest BCUT2D eigenvalue weighted by Crippen LogP contribution is 2.53. The maximum Gasteiger partial charge on any atom is 0.453 e. The van der Waals surface area contributed by atoms with Crippen LogP contribution in [0.15, 0.2) is 121 Å². The average molecular weight is 953 g/mol. The molecule has 2 aliphatic heterocycles. The zero-order valence-corrected chi connectivity index (χ0v) is 39.8. The van der Waals surface area contributed by atoms with E-state index in [4.69, 9.17) is 9.05 Å². The van der Waals surface area contributed by atoms with Crippen LogP contribution in [0.4, 0.5) is 4.79 Å². The molecule has 6 amide bonds. The summed E-state index contributed by atoms with van der Waals surface area (Å²) in [6, 6.07) is 35.5. The first-order chi connectivity index (χ1) is 32.6. The third-order valence-electron chi connectivity index (χ3n) is 11.7. The Morgan fingerprint density at radius 2 is 1.09 bits per heavy atom. The third kappa shape index (κ3) is 17.4. The summed E-state index contributed by atoms with van der Waals surface area (Å²) in [6.07, 6.45) is 8.52. The van der Waals surface area contributed by atoms with Gasteiger partial charge in [0.05, 0.1) is 12.1 Å². The van der Waals surface area contributed by atoms with E-state index in [-0.39, 0.29) is 55.1 Å². The van der Waals surface area contributed by atoms with Crippen LogP contribution in [0.2, 0.25) is 0 Å². The van der Waals surface area contributed by atoms with E-state index in [1.165, 1.54) is 0 Å². The summed E-state index contributed by atoms with van der Waals surface area (Å²) >= 11 is 1.89. The average Bonchev–Trinajstić information content (AvgIpc) is 3.89. The fraction of sp³-hybridized carbons (Fsp3) is 0.431. The van der Waals surface area contributed by atoms with Crippen molar-refractivity contribution in [2.45, 2.75) is 119 Å². The Kier molecular flexibility index (Phi) is 20.5. The van der Waals surface area contributed by atoms with Gasteiger partial charge in [0.25, 0.3) is 0 Å². The Morgan fingerprint density at radius 1 is 0.597 bits per heavy atom. The van der Waals surface area contributed by atoms with E-state index in [9.17, 15) is 24.0 Å². The van der Waals surface area contributed by atoms with Crippen molar-refractivity contribution >= 4 is 49.0 Å². The van der Waals surface area contributed by atoms with Gasteiger partial charge in [0, 0.05) is 56.2 Å². The number of hydrogen-bond acceptors (Lipinski definition) is 9. The second-order valence-electron chi connectivity index (χ2n) is 17.1. The highest BCUT2D eigenvalue weighted by atomic mass is 32.2. The number of amides is 6. The highest BCUT2D eigenvalue weighted by Gasteiger charge is 2.43. The summed E-state index contributed by atoms with van der Waals surface area (Å²) in [4.78, 5) is 64.1. The fourth-order valence-corrected chi connectivity index (χ4v) is 11.5. The molecule has 6 rings (SSSR count). The summed E-state index contributed by atoms with van der Waals surface area (Å²) in [7, 11) is -4.21. The fourth-order valence-electron chi connectivity index (χ4n) is 8.15. The SMILES string of the molecule is O=C(CCCCCNC(=O)CCCC[C@H]1SCC2NC(=O)NC21)NCCCCCC(=O)NC(Cc1ccccc1)C(=O)NC(Cc1ccccc1)P(=O)(Oc1ccccc1)Oc1ccccc1. The Bertz CT molecular complexity index is 2160. The van der Waals surface area contributed by atoms with Crippen LogP contribution < -0.4 is 40.9 Å². The molecule has 4 aromatic rings. The highest BCUT2D eigenvalue weighted by molar-refractivity contribution is 8.00. The molecule has 2 aliphatic rings. The summed E-state index contributed by atoms with van der Waals surface area (Å²) in [6.45, 7) is 1.09. The molecule has 0 aromatic heterocycles. The van der Waals surface area contributed by atoms with Crippen LogP contribution in [0.25, 0.3) is 0 Å². The van der Waals surface area contributed by atoms with Gasteiger partial charge in [-0.2, -0.15) is 11.8 Å². The van der Waals surface area contributed by atoms with Gasteiger partial charge in [-0.05, 0) is 73.9 Å². The Labute approximate surface area is 398 Å². The predicted molar refractivity (Wildman–Crippen MR) is 263 cm³/mol. The summed E-state index contributed by atoms with van der Waals surface area (Å²) in [5.41, 5.74) is 1.64. The third-order valence-corrected chi connectivity index (χ3v) is 15.2. The number of urea groups is 1. The van der Waals surface area contributed by atoms with Gasteiger partial charge in [0.15, 0.2) is 5.78 Å². The van der Waals surface area contributed by atoms with Crippen LogP contribution in [0.5, 0.6) is 11.5 Å². The summed E-state index contributed by atoms with van der Waals surface area (Å²) in [5.74, 6) is -0.365. The molecule has 5 atom stereocenters. The second kappa shape index (κ2) is 27.1. The molecular weight excluding hydrogens is 888 g/mol. The zero-order valence-electron chi connectivity index (χ0n) is 38.1. The number of thioether (sulfide) groups is 1. The molecule has 0 aliphatic carbocycles. The largest absolute Gasteiger partial charge is 0.453 e. The van der Waals surface area contributed by atoms with Gasteiger partial charge < -0.3 is 40.9 Å². The van der Waals surface area contributed by atoms with Crippen molar-refractivity contribution < 1.29 is 37.6 Å². The standard InChI is InChI=1S/C51H65N6O8PS/c58-45(30-15-5-19-33-53-46(59)31-18-17-29-44-49-43(37-67-44)55-51(62)57-49)52-34-20-6-16-32-47(60)54-42(35-38-21-7-1-8-22-38)50(61)56-48(36-39-23-9-2-10-24-39)66(63,64-40-25-11-3-12-26-40)65-41-27-13-4-14-28-41/h1-4,7-14,21-28,42-44,48-49H,5-6,15-20,29-37H2,(H,52,58)(H,53,59)(H,54,60)(H,56,61)(H2,55,57,62)/t42?,43?,44-,48?,49?/m1/s1. The van der Waals surface area contributed by atoms with E-state index < -0.39 is 25.3 Å². The molecular formula is C51H65N6O8PS. The Balaban J connectivity index is 0.904. The molecule has 0 spiro atoms. The van der Waals surface area contributed by atoms with E-state index in [1.807, 2.05) is 84.6 Å². The smallest absolute Gasteiger partial charge is 0.415 e. The minimum absolute atomic E-state index is 0.0188. The predicted octanol–water partition coefficient (Wildman–Crippen LogP) is 7.83. The number of benzene rings is 4. The lowest BCUT2D eigenvalue weighted by molar-refractivity contribution is -0.129. The van der Waals surface area contributed by atoms with Crippen LogP contribution in [-0.2, 0) is 36.6 Å². The minimum Gasteiger partial charge on any atom is -0.415 e. The molecule has 6 N–H and O–H groups in total. The topological polar surface area (TPSA) is 193 Å². The van der Waals surface area contributed by atoms with E-state index in [2.05, 4.69) is 31.9 Å². The van der Waals surface area contributed by atoms with Crippen LogP contribution in [-0.4, -0.2) is 77.7 Å². The van der Waals surface area contributed by atoms with Crippen LogP contribution in [0, 0.1) is 0 Å². The summed E-state index contributed by atoms with van der Waals surface area (Å²) < 4.78 is 27.4. The van der Waals surface area contributed by atoms with Crippen LogP contribution in [0.1, 0.15) is 88.2 Å². The number of carbonyl (C=O) groups excluding carboxylic acids is 5. The molecule has 0 radical (unpaired) electrons. The van der Waals surface area contributed by atoms with Crippen molar-refractivity contribution in [2.75, 3.05) is 18.8 Å². The van der Waals surface area contributed by atoms with E-state index in [0.29, 0.717) is 61.9 Å². The van der Waals surface area contributed by atoms with Gasteiger partial charge in [-0.3, -0.25) is 19.2 Å². The number of nitrogens with one attached hydrogen (secondary N) is 6. The molecule has 2 heterocycles. The molecule has 4 aromatic carbocycles. The quantitative estimate of drug-likeness (QED) is 0.0179. The van der Waals surface area contributed by atoms with Crippen molar-refractivity contribution in [1.29, 1.82) is 0 Å². The first kappa shape index (κ1) is 50.6. The lowest BCUT2D eigenvalue weighted by Crippen LogP contribution is -2.51. The molecule has 2 fully saturated rings. The lowest BCUT2D eigenvalue weighted by Gasteiger charge is -2.30. The maximum atomic E-state index is 15.1. The molecule has 0 bridgehead atoms. The Morgan fingerprint density at radius 3 is 1.64 bits per heavy atom. The van der Waals surface area contributed by atoms with Gasteiger partial charge in [0.2, 0.25) is 23.6 Å². The monoisotopic (exact) mass is 952 g/mol. The number of fused-ring (bicyclic) bond motifs is 1. The second-order valence-corrected chi connectivity index (χ2v) is 20.4. The van der Waals surface area contributed by atoms with Crippen molar-refractivity contribution in [2.24, 2.45) is 0 Å². The molecule has 0 saturated carbocycles. The molecule has 67 heavy (non-hydrogen) atoms. The Hall–Kier alpha value is -5.79. The van der Waals surface area contributed by atoms with E-state index in [0.717, 1.165) is 55.4 Å². The van der Waals surface area contributed by atoms with Crippen LogP contribution >= 0.6 is 19.4 Å². The van der Waals surface area contributed by atoms with Crippen molar-refractivity contribution in [1.82, 2.24) is 31.9 Å². The molecule has 358 valence electrons. The molecule has 16 heteroatoms. The first-order valence-corrected chi connectivity index (χ1v) is 26.3. The number of para-hydroxylation sites is 2. The van der Waals surface area contributed by atoms with Crippen molar-refractivity contribution in [3.63, 3.8) is 0 Å².